The van der Waals surface area contributed by atoms with Gasteiger partial charge in [0.25, 0.3) is 5.91 Å². The summed E-state index contributed by atoms with van der Waals surface area (Å²) in [4.78, 5) is 23.2. The molecule has 2 aliphatic rings. The SMILES string of the molecule is CNc1cc(Nc2ncc3c(n2)OCN(c2c(Cl)cccc2Cl)C3=O)cc2c1CCNC2. The van der Waals surface area contributed by atoms with E-state index in [0.29, 0.717) is 21.7 Å². The van der Waals surface area contributed by atoms with Crippen molar-refractivity contribution in [3.63, 3.8) is 0 Å². The second-order valence-corrected chi connectivity index (χ2v) is 8.27. The van der Waals surface area contributed by atoms with Crippen molar-refractivity contribution in [1.82, 2.24) is 15.3 Å². The molecule has 5 rings (SSSR count). The Bertz CT molecular complexity index is 1180. The number of ether oxygens (including phenoxy) is 1. The van der Waals surface area contributed by atoms with Crippen LogP contribution in [0.3, 0.4) is 0 Å². The topological polar surface area (TPSA) is 91.4 Å². The predicted octanol–water partition coefficient (Wildman–Crippen LogP) is 4.21. The summed E-state index contributed by atoms with van der Waals surface area (Å²) in [7, 11) is 1.91. The lowest BCUT2D eigenvalue weighted by molar-refractivity contribution is 0.0932. The number of amides is 1. The molecule has 164 valence electrons. The zero-order valence-electron chi connectivity index (χ0n) is 17.2. The van der Waals surface area contributed by atoms with Gasteiger partial charge in [0.05, 0.1) is 15.7 Å². The average Bonchev–Trinajstić information content (AvgIpc) is 2.80. The Morgan fingerprint density at radius 2 is 2.03 bits per heavy atom. The normalized spacial score (nSPS) is 15.0. The maximum Gasteiger partial charge on any atom is 0.268 e. The first kappa shape index (κ1) is 20.8. The highest BCUT2D eigenvalue weighted by Crippen LogP contribution is 2.37. The van der Waals surface area contributed by atoms with E-state index in [1.54, 1.807) is 18.2 Å². The lowest BCUT2D eigenvalue weighted by atomic mass is 9.98. The van der Waals surface area contributed by atoms with Crippen molar-refractivity contribution in [1.29, 1.82) is 0 Å². The summed E-state index contributed by atoms with van der Waals surface area (Å²) in [6, 6.07) is 9.16. The van der Waals surface area contributed by atoms with Crippen LogP contribution in [0.15, 0.2) is 36.5 Å². The second kappa shape index (κ2) is 8.46. The number of rotatable bonds is 4. The van der Waals surface area contributed by atoms with Gasteiger partial charge < -0.3 is 20.7 Å². The fourth-order valence-electron chi connectivity index (χ4n) is 3.97. The zero-order chi connectivity index (χ0) is 22.2. The number of carbonyl (C=O) groups is 1. The maximum atomic E-state index is 13.0. The van der Waals surface area contributed by atoms with Gasteiger partial charge in [0.2, 0.25) is 11.8 Å². The van der Waals surface area contributed by atoms with E-state index in [1.807, 2.05) is 13.1 Å². The molecule has 0 aliphatic carbocycles. The van der Waals surface area contributed by atoms with Crippen LogP contribution in [-0.2, 0) is 13.0 Å². The second-order valence-electron chi connectivity index (χ2n) is 7.45. The quantitative estimate of drug-likeness (QED) is 0.525. The van der Waals surface area contributed by atoms with Crippen molar-refractivity contribution < 1.29 is 9.53 Å². The number of anilines is 4. The lowest BCUT2D eigenvalue weighted by Crippen LogP contribution is -2.39. The summed E-state index contributed by atoms with van der Waals surface area (Å²) in [6.07, 6.45) is 2.42. The molecule has 2 aliphatic heterocycles. The van der Waals surface area contributed by atoms with Gasteiger partial charge in [0.15, 0.2) is 6.73 Å². The number of nitrogens with zero attached hydrogens (tertiary/aromatic N) is 3. The Morgan fingerprint density at radius 1 is 1.22 bits per heavy atom. The van der Waals surface area contributed by atoms with Crippen LogP contribution in [0.4, 0.5) is 23.0 Å². The van der Waals surface area contributed by atoms with E-state index in [-0.39, 0.29) is 24.1 Å². The van der Waals surface area contributed by atoms with Crippen LogP contribution in [0.25, 0.3) is 0 Å². The van der Waals surface area contributed by atoms with Gasteiger partial charge in [0.1, 0.15) is 5.56 Å². The Hall–Kier alpha value is -3.07. The molecule has 0 bridgehead atoms. The minimum atomic E-state index is -0.329. The number of halogens is 2. The molecule has 1 aromatic heterocycles. The Morgan fingerprint density at radius 3 is 2.81 bits per heavy atom. The van der Waals surface area contributed by atoms with E-state index in [2.05, 4.69) is 32.0 Å². The average molecular weight is 471 g/mol. The fourth-order valence-corrected chi connectivity index (χ4v) is 4.57. The van der Waals surface area contributed by atoms with E-state index >= 15 is 0 Å². The third-order valence-electron chi connectivity index (χ3n) is 5.50. The van der Waals surface area contributed by atoms with Gasteiger partial charge in [-0.05, 0) is 48.4 Å². The Kier molecular flexibility index (Phi) is 5.50. The molecule has 10 heteroatoms. The van der Waals surface area contributed by atoms with Gasteiger partial charge in [-0.3, -0.25) is 9.69 Å². The number of carbonyl (C=O) groups excluding carboxylic acids is 1. The van der Waals surface area contributed by atoms with Crippen molar-refractivity contribution in [3.8, 4) is 5.88 Å². The number of benzene rings is 2. The molecule has 0 spiro atoms. The van der Waals surface area contributed by atoms with Crippen LogP contribution in [0.2, 0.25) is 10.0 Å². The summed E-state index contributed by atoms with van der Waals surface area (Å²) in [6.45, 7) is 1.72. The van der Waals surface area contributed by atoms with Crippen molar-refractivity contribution in [2.75, 3.05) is 35.9 Å². The standard InChI is InChI=1S/C22H20Cl2N6O2/c1-25-18-8-13(7-12-9-26-6-5-14(12)18)28-22-27-10-15-20(29-22)32-11-30(21(15)31)19-16(23)3-2-4-17(19)24/h2-4,7-8,10,25-26H,5-6,9,11H2,1H3,(H,27,28,29). The highest BCUT2D eigenvalue weighted by molar-refractivity contribution is 6.40. The van der Waals surface area contributed by atoms with Crippen molar-refractivity contribution in [2.45, 2.75) is 13.0 Å². The van der Waals surface area contributed by atoms with Gasteiger partial charge in [-0.15, -0.1) is 0 Å². The number of fused-ring (bicyclic) bond motifs is 2. The summed E-state index contributed by atoms with van der Waals surface area (Å²) in [5, 5.41) is 10.6. The highest BCUT2D eigenvalue weighted by atomic mass is 35.5. The molecular formula is C22H20Cl2N6O2. The predicted molar refractivity (Wildman–Crippen MR) is 125 cm³/mol. The lowest BCUT2D eigenvalue weighted by Gasteiger charge is -2.29. The Balaban J connectivity index is 1.42. The van der Waals surface area contributed by atoms with Gasteiger partial charge >= 0.3 is 0 Å². The highest BCUT2D eigenvalue weighted by Gasteiger charge is 2.31. The van der Waals surface area contributed by atoms with E-state index < -0.39 is 0 Å². The number of hydrogen-bond donors (Lipinski definition) is 3. The first-order valence-corrected chi connectivity index (χ1v) is 10.9. The molecule has 0 unspecified atom stereocenters. The fraction of sp³-hybridized carbons (Fsp3) is 0.227. The largest absolute Gasteiger partial charge is 0.455 e. The summed E-state index contributed by atoms with van der Waals surface area (Å²) < 4.78 is 5.76. The van der Waals surface area contributed by atoms with E-state index in [1.165, 1.54) is 22.2 Å². The minimum Gasteiger partial charge on any atom is -0.455 e. The maximum absolute atomic E-state index is 13.0. The van der Waals surface area contributed by atoms with Crippen LogP contribution in [0.5, 0.6) is 5.88 Å². The van der Waals surface area contributed by atoms with Crippen LogP contribution < -0.4 is 25.6 Å². The number of nitrogens with one attached hydrogen (secondary N) is 3. The molecular weight excluding hydrogens is 451 g/mol. The smallest absolute Gasteiger partial charge is 0.268 e. The monoisotopic (exact) mass is 470 g/mol. The van der Waals surface area contributed by atoms with Gasteiger partial charge in [-0.1, -0.05) is 29.3 Å². The molecule has 2 aromatic carbocycles. The van der Waals surface area contributed by atoms with Gasteiger partial charge in [0, 0.05) is 31.2 Å². The molecule has 0 fully saturated rings. The molecule has 3 heterocycles. The third kappa shape index (κ3) is 3.70. The molecule has 0 saturated carbocycles. The molecule has 3 N–H and O–H groups in total. The van der Waals surface area contributed by atoms with Gasteiger partial charge in [-0.2, -0.15) is 4.98 Å². The van der Waals surface area contributed by atoms with E-state index in [4.69, 9.17) is 27.9 Å². The molecule has 1 amide bonds. The van der Waals surface area contributed by atoms with Gasteiger partial charge in [-0.25, -0.2) is 4.98 Å². The first-order chi connectivity index (χ1) is 15.5. The molecule has 0 atom stereocenters. The summed E-state index contributed by atoms with van der Waals surface area (Å²) >= 11 is 12.5. The summed E-state index contributed by atoms with van der Waals surface area (Å²) in [5.41, 5.74) is 5.10. The minimum absolute atomic E-state index is 0.0554. The van der Waals surface area contributed by atoms with Crippen LogP contribution in [-0.4, -0.2) is 36.2 Å². The van der Waals surface area contributed by atoms with Crippen molar-refractivity contribution >= 4 is 52.1 Å². The zero-order valence-corrected chi connectivity index (χ0v) is 18.7. The molecule has 0 saturated heterocycles. The van der Waals surface area contributed by atoms with E-state index in [9.17, 15) is 4.79 Å². The number of hydrogen-bond acceptors (Lipinski definition) is 7. The van der Waals surface area contributed by atoms with E-state index in [0.717, 1.165) is 30.9 Å². The molecule has 3 aromatic rings. The van der Waals surface area contributed by atoms with Crippen LogP contribution in [0, 0.1) is 0 Å². The Labute approximate surface area is 194 Å². The third-order valence-corrected chi connectivity index (χ3v) is 6.11. The first-order valence-electron chi connectivity index (χ1n) is 10.1. The molecule has 32 heavy (non-hydrogen) atoms. The van der Waals surface area contributed by atoms with Crippen molar-refractivity contribution in [3.05, 3.63) is 63.3 Å². The number of aromatic nitrogens is 2. The molecule has 0 radical (unpaired) electrons. The number of para-hydroxylation sites is 1. The molecule has 8 nitrogen and oxygen atoms in total. The van der Waals surface area contributed by atoms with Crippen molar-refractivity contribution in [2.24, 2.45) is 0 Å². The summed E-state index contributed by atoms with van der Waals surface area (Å²) in [5.74, 6) is 0.220. The van der Waals surface area contributed by atoms with Crippen LogP contribution >= 0.6 is 23.2 Å². The van der Waals surface area contributed by atoms with Crippen LogP contribution in [0.1, 0.15) is 21.5 Å².